The minimum Gasteiger partial charge on any atom is -0.406 e. The van der Waals surface area contributed by atoms with Crippen LogP contribution in [0.2, 0.25) is 5.04 Å². The van der Waals surface area contributed by atoms with Crippen molar-refractivity contribution in [3.8, 4) is 0 Å². The molecule has 200 valence electrons. The number of Topliss-reactive ketones (excluding diaryl/α,β-unsaturated/α-hetero) is 1. The van der Waals surface area contributed by atoms with Crippen molar-refractivity contribution < 1.29 is 14.0 Å². The van der Waals surface area contributed by atoms with Gasteiger partial charge in [0, 0.05) is 13.0 Å². The molecule has 0 spiro atoms. The summed E-state index contributed by atoms with van der Waals surface area (Å²) in [5.41, 5.74) is 0.518. The predicted octanol–water partition coefficient (Wildman–Crippen LogP) is 6.50. The Kier molecular flexibility index (Phi) is 8.87. The predicted molar refractivity (Wildman–Crippen MR) is 160 cm³/mol. The molecule has 0 amide bonds. The van der Waals surface area contributed by atoms with E-state index in [-0.39, 0.29) is 23.0 Å². The van der Waals surface area contributed by atoms with Crippen LogP contribution in [0.25, 0.3) is 0 Å². The highest BCUT2D eigenvalue weighted by atomic mass is 28.4. The maximum absolute atomic E-state index is 13.9. The lowest BCUT2D eigenvalue weighted by atomic mass is 9.74. The van der Waals surface area contributed by atoms with Crippen LogP contribution in [0.3, 0.4) is 0 Å². The van der Waals surface area contributed by atoms with Crippen LogP contribution in [-0.2, 0) is 20.4 Å². The molecule has 0 bridgehead atoms. The fourth-order valence-corrected chi connectivity index (χ4v) is 10.6. The van der Waals surface area contributed by atoms with Crippen molar-refractivity contribution in [1.29, 1.82) is 0 Å². The van der Waals surface area contributed by atoms with E-state index in [1.165, 1.54) is 15.9 Å². The third-order valence-corrected chi connectivity index (χ3v) is 13.1. The number of aryl methyl sites for hydroxylation is 1. The average molecular weight is 527 g/mol. The fraction of sp³-hybridized carbons (Fsp3) is 0.382. The van der Waals surface area contributed by atoms with Crippen molar-refractivity contribution in [2.75, 3.05) is 6.61 Å². The number of hydrogen-bond donors (Lipinski definition) is 0. The molecule has 0 unspecified atom stereocenters. The lowest BCUT2D eigenvalue weighted by molar-refractivity contribution is -0.167. The van der Waals surface area contributed by atoms with Crippen LogP contribution < -0.4 is 10.4 Å². The quantitative estimate of drug-likeness (QED) is 0.223. The Balaban J connectivity index is 1.71. The number of hydrogen-bond acceptors (Lipinski definition) is 3. The molecule has 0 aliphatic carbocycles. The van der Waals surface area contributed by atoms with E-state index in [0.29, 0.717) is 19.4 Å². The Hall–Kier alpha value is -2.79. The van der Waals surface area contributed by atoms with E-state index in [1.54, 1.807) is 0 Å². The number of carbonyl (C=O) groups is 1. The fourth-order valence-electron chi connectivity index (χ4n) is 5.90. The molecular weight excluding hydrogens is 484 g/mol. The van der Waals surface area contributed by atoms with Gasteiger partial charge in [-0.2, -0.15) is 0 Å². The van der Waals surface area contributed by atoms with Gasteiger partial charge in [0.25, 0.3) is 8.32 Å². The van der Waals surface area contributed by atoms with Crippen molar-refractivity contribution in [1.82, 2.24) is 0 Å². The van der Waals surface area contributed by atoms with Crippen LogP contribution in [-0.4, -0.2) is 32.9 Å². The number of carbonyl (C=O) groups excluding carboxylic acids is 1. The first-order chi connectivity index (χ1) is 18.2. The van der Waals surface area contributed by atoms with Crippen molar-refractivity contribution >= 4 is 24.5 Å². The summed E-state index contributed by atoms with van der Waals surface area (Å²) in [6.45, 7) is 13.1. The third-order valence-electron chi connectivity index (χ3n) is 8.09. The van der Waals surface area contributed by atoms with Crippen LogP contribution in [0.15, 0.2) is 104 Å². The number of ketones is 1. The van der Waals surface area contributed by atoms with Crippen molar-refractivity contribution in [3.63, 3.8) is 0 Å². The molecule has 1 fully saturated rings. The summed E-state index contributed by atoms with van der Waals surface area (Å²) < 4.78 is 13.9. The summed E-state index contributed by atoms with van der Waals surface area (Å²) in [4.78, 5) is 13.9. The maximum atomic E-state index is 13.9. The topological polar surface area (TPSA) is 35.5 Å². The summed E-state index contributed by atoms with van der Waals surface area (Å²) in [5, 5.41) is 2.28. The molecule has 4 rings (SSSR count). The molecule has 3 aromatic carbocycles. The van der Waals surface area contributed by atoms with Crippen molar-refractivity contribution in [3.05, 3.63) is 109 Å². The van der Waals surface area contributed by atoms with Gasteiger partial charge in [-0.15, -0.1) is 6.58 Å². The first-order valence-electron chi connectivity index (χ1n) is 13.8. The molecule has 38 heavy (non-hydrogen) atoms. The summed E-state index contributed by atoms with van der Waals surface area (Å²) in [7, 11) is -2.78. The van der Waals surface area contributed by atoms with Gasteiger partial charge in [-0.05, 0) is 47.2 Å². The van der Waals surface area contributed by atoms with E-state index in [2.05, 4.69) is 119 Å². The first kappa shape index (κ1) is 28.2. The first-order valence-corrected chi connectivity index (χ1v) is 15.7. The summed E-state index contributed by atoms with van der Waals surface area (Å²) in [6.07, 6.45) is 4.20. The number of rotatable bonds is 10. The van der Waals surface area contributed by atoms with E-state index in [0.717, 1.165) is 12.8 Å². The summed E-state index contributed by atoms with van der Waals surface area (Å²) >= 11 is 0. The van der Waals surface area contributed by atoms with Gasteiger partial charge in [0.15, 0.2) is 0 Å². The third kappa shape index (κ3) is 5.78. The Morgan fingerprint density at radius 2 is 1.47 bits per heavy atom. The Labute approximate surface area is 230 Å². The van der Waals surface area contributed by atoms with Crippen LogP contribution in [0, 0.1) is 5.41 Å². The molecule has 3 aromatic rings. The number of ether oxygens (including phenoxy) is 1. The molecule has 4 heteroatoms. The van der Waals surface area contributed by atoms with Crippen LogP contribution in [0.5, 0.6) is 0 Å². The standard InChI is InChI=1S/C34H42O3Si/c1-6-16-28-25-31(35)34(5,32(37-28)24-23-27-17-10-7-11-18-27)26-36-38(33(2,3)4,29-19-12-8-13-20-29)30-21-14-9-15-22-30/h6-15,17-22,28,32H,1,16,23-26H2,2-5H3/t28-,32+,34+/m0/s1. The lowest BCUT2D eigenvalue weighted by Crippen LogP contribution is -2.68. The van der Waals surface area contributed by atoms with Crippen molar-refractivity contribution in [2.45, 2.75) is 70.6 Å². The molecule has 3 nitrogen and oxygen atoms in total. The Morgan fingerprint density at radius 3 is 1.97 bits per heavy atom. The molecule has 0 aromatic heterocycles. The van der Waals surface area contributed by atoms with Gasteiger partial charge in [-0.3, -0.25) is 4.79 Å². The lowest BCUT2D eigenvalue weighted by Gasteiger charge is -2.48. The Morgan fingerprint density at radius 1 is 0.947 bits per heavy atom. The molecular formula is C34H42O3Si. The van der Waals surface area contributed by atoms with Gasteiger partial charge in [0.1, 0.15) is 5.78 Å². The normalized spacial score (nSPS) is 22.3. The molecule has 1 aliphatic rings. The second-order valence-corrected chi connectivity index (χ2v) is 16.1. The largest absolute Gasteiger partial charge is 0.406 e. The maximum Gasteiger partial charge on any atom is 0.261 e. The molecule has 0 saturated carbocycles. The van der Waals surface area contributed by atoms with Crippen LogP contribution in [0.1, 0.15) is 52.5 Å². The van der Waals surface area contributed by atoms with E-state index in [4.69, 9.17) is 9.16 Å². The molecule has 1 saturated heterocycles. The van der Waals surface area contributed by atoms with E-state index in [1.807, 2.05) is 12.1 Å². The highest BCUT2D eigenvalue weighted by Gasteiger charge is 2.54. The van der Waals surface area contributed by atoms with Gasteiger partial charge >= 0.3 is 0 Å². The SMILES string of the molecule is C=CC[C@H]1CC(=O)[C@@](C)(CO[Si](c2ccccc2)(c2ccccc2)C(C)(C)C)[C@@H](CCc2ccccc2)O1. The van der Waals surface area contributed by atoms with E-state index >= 15 is 0 Å². The summed E-state index contributed by atoms with van der Waals surface area (Å²) in [5.74, 6) is 0.228. The summed E-state index contributed by atoms with van der Waals surface area (Å²) in [6, 6.07) is 31.7. The molecule has 1 heterocycles. The van der Waals surface area contributed by atoms with Gasteiger partial charge in [0.2, 0.25) is 0 Å². The highest BCUT2D eigenvalue weighted by Crippen LogP contribution is 2.42. The van der Waals surface area contributed by atoms with Gasteiger partial charge in [-0.25, -0.2) is 0 Å². The molecule has 1 aliphatic heterocycles. The second kappa shape index (κ2) is 11.9. The van der Waals surface area contributed by atoms with E-state index in [9.17, 15) is 4.79 Å². The minimum atomic E-state index is -2.78. The van der Waals surface area contributed by atoms with Gasteiger partial charge in [0.05, 0.1) is 17.6 Å². The molecule has 0 radical (unpaired) electrons. The molecule has 0 N–H and O–H groups in total. The zero-order valence-electron chi connectivity index (χ0n) is 23.4. The smallest absolute Gasteiger partial charge is 0.261 e. The van der Waals surface area contributed by atoms with Gasteiger partial charge < -0.3 is 9.16 Å². The van der Waals surface area contributed by atoms with Crippen molar-refractivity contribution in [2.24, 2.45) is 5.41 Å². The number of benzene rings is 3. The average Bonchev–Trinajstić information content (AvgIpc) is 2.91. The van der Waals surface area contributed by atoms with Crippen LogP contribution >= 0.6 is 0 Å². The van der Waals surface area contributed by atoms with Gasteiger partial charge in [-0.1, -0.05) is 118 Å². The second-order valence-electron chi connectivity index (χ2n) is 11.8. The minimum absolute atomic E-state index is 0.123. The Bertz CT molecular complexity index is 1150. The zero-order chi connectivity index (χ0) is 27.2. The van der Waals surface area contributed by atoms with E-state index < -0.39 is 13.7 Å². The highest BCUT2D eigenvalue weighted by molar-refractivity contribution is 6.99. The molecule has 3 atom stereocenters. The zero-order valence-corrected chi connectivity index (χ0v) is 24.4. The van der Waals surface area contributed by atoms with Crippen LogP contribution in [0.4, 0.5) is 0 Å². The monoisotopic (exact) mass is 526 g/mol.